The molecule has 1 aromatic carbocycles. The molecule has 0 saturated carbocycles. The number of carbonyl (C=O) groups excluding carboxylic acids is 2. The fourth-order valence-electron chi connectivity index (χ4n) is 4.21. The normalized spacial score (nSPS) is 19.5. The third-order valence-electron chi connectivity index (χ3n) is 5.76. The second-order valence-electron chi connectivity index (χ2n) is 8.65. The molecule has 7 heteroatoms. The second-order valence-corrected chi connectivity index (χ2v) is 9.50. The number of β-amino-alcohol motifs (C(OH)–C–C–N with tert-alkyl or cyclic N) is 1. The number of nitrogens with one attached hydrogen (secondary N) is 1. The smallest absolute Gasteiger partial charge is 0.243 e. The lowest BCUT2D eigenvalue weighted by atomic mass is 9.88. The van der Waals surface area contributed by atoms with E-state index in [1.54, 1.807) is 11.3 Å². The van der Waals surface area contributed by atoms with Gasteiger partial charge in [-0.3, -0.25) is 9.59 Å². The monoisotopic (exact) mass is 441 g/mol. The first-order valence-electron chi connectivity index (χ1n) is 10.6. The minimum absolute atomic E-state index is 0.0761. The van der Waals surface area contributed by atoms with Crippen LogP contribution in [-0.4, -0.2) is 45.5 Å². The molecule has 166 valence electrons. The second kappa shape index (κ2) is 9.75. The van der Waals surface area contributed by atoms with E-state index in [9.17, 15) is 14.7 Å². The number of aliphatic hydroxyl groups excluding tert-OH is 1. The molecule has 2 unspecified atom stereocenters. The molecule has 1 saturated heterocycles. The zero-order chi connectivity index (χ0) is 22.7. The number of hydrogen-bond acceptors (Lipinski definition) is 5. The molecule has 2 heterocycles. The van der Waals surface area contributed by atoms with Crippen molar-refractivity contribution >= 4 is 23.2 Å². The highest BCUT2D eigenvalue weighted by Gasteiger charge is 2.41. The molecule has 0 aliphatic carbocycles. The number of aryl methyl sites for hydroxylation is 1. The molecule has 0 radical (unpaired) electrons. The highest BCUT2D eigenvalue weighted by atomic mass is 32.1. The molecule has 1 aliphatic rings. The van der Waals surface area contributed by atoms with Crippen molar-refractivity contribution < 1.29 is 14.7 Å². The van der Waals surface area contributed by atoms with Crippen molar-refractivity contribution in [1.82, 2.24) is 15.2 Å². The summed E-state index contributed by atoms with van der Waals surface area (Å²) in [6, 6.07) is 7.35. The van der Waals surface area contributed by atoms with Crippen molar-refractivity contribution in [2.75, 3.05) is 6.54 Å². The number of aromatic nitrogens is 1. The van der Waals surface area contributed by atoms with E-state index >= 15 is 0 Å². The Morgan fingerprint density at radius 1 is 1.32 bits per heavy atom. The first-order chi connectivity index (χ1) is 14.7. The molecule has 31 heavy (non-hydrogen) atoms. The van der Waals surface area contributed by atoms with Crippen LogP contribution < -0.4 is 5.32 Å². The van der Waals surface area contributed by atoms with Crippen LogP contribution in [0.4, 0.5) is 0 Å². The van der Waals surface area contributed by atoms with Crippen LogP contribution in [0.1, 0.15) is 38.4 Å². The molecule has 6 nitrogen and oxygen atoms in total. The average molecular weight is 442 g/mol. The summed E-state index contributed by atoms with van der Waals surface area (Å²) in [5.41, 5.74) is 5.68. The number of likely N-dealkylation sites (tertiary alicyclic amines) is 1. The summed E-state index contributed by atoms with van der Waals surface area (Å²) in [6.45, 7) is 12.3. The van der Waals surface area contributed by atoms with Crippen molar-refractivity contribution in [2.45, 2.75) is 52.8 Å². The lowest BCUT2D eigenvalue weighted by Crippen LogP contribution is -2.48. The summed E-state index contributed by atoms with van der Waals surface area (Å²) < 4.78 is 0. The first kappa shape index (κ1) is 23.2. The predicted octanol–water partition coefficient (Wildman–Crippen LogP) is 3.54. The SMILES string of the molecule is C=C(C)C(C(=O)N1C[C@H](O)CC1C(=O)NCc1ccc(-c2scnc2C)cc1)C(C)C. The Kier molecular flexibility index (Phi) is 7.28. The van der Waals surface area contributed by atoms with Crippen LogP contribution >= 0.6 is 11.3 Å². The first-order valence-corrected chi connectivity index (χ1v) is 11.5. The maximum Gasteiger partial charge on any atom is 0.243 e. The maximum absolute atomic E-state index is 13.1. The maximum atomic E-state index is 13.1. The summed E-state index contributed by atoms with van der Waals surface area (Å²) in [4.78, 5) is 33.0. The van der Waals surface area contributed by atoms with Gasteiger partial charge in [0.15, 0.2) is 0 Å². The number of carbonyl (C=O) groups is 2. The summed E-state index contributed by atoms with van der Waals surface area (Å²) in [6.07, 6.45) is -0.443. The molecular weight excluding hydrogens is 410 g/mol. The van der Waals surface area contributed by atoms with Crippen LogP contribution in [0, 0.1) is 18.8 Å². The number of hydrogen-bond donors (Lipinski definition) is 2. The summed E-state index contributed by atoms with van der Waals surface area (Å²) >= 11 is 1.60. The van der Waals surface area contributed by atoms with Gasteiger partial charge in [-0.05, 0) is 30.9 Å². The Morgan fingerprint density at radius 3 is 2.55 bits per heavy atom. The highest BCUT2D eigenvalue weighted by molar-refractivity contribution is 7.13. The minimum atomic E-state index is -0.695. The van der Waals surface area contributed by atoms with Gasteiger partial charge < -0.3 is 15.3 Å². The van der Waals surface area contributed by atoms with E-state index in [2.05, 4.69) is 16.9 Å². The van der Waals surface area contributed by atoms with E-state index < -0.39 is 12.1 Å². The highest BCUT2D eigenvalue weighted by Crippen LogP contribution is 2.28. The van der Waals surface area contributed by atoms with Crippen molar-refractivity contribution in [3.05, 3.63) is 53.2 Å². The fourth-order valence-corrected chi connectivity index (χ4v) is 5.02. The van der Waals surface area contributed by atoms with Gasteiger partial charge in [0.1, 0.15) is 6.04 Å². The molecule has 0 bridgehead atoms. The van der Waals surface area contributed by atoms with Crippen molar-refractivity contribution in [1.29, 1.82) is 0 Å². The Balaban J connectivity index is 1.65. The Hall–Kier alpha value is -2.51. The van der Waals surface area contributed by atoms with Gasteiger partial charge in [-0.15, -0.1) is 11.3 Å². The number of thiazole rings is 1. The third kappa shape index (κ3) is 5.22. The van der Waals surface area contributed by atoms with Gasteiger partial charge in [0, 0.05) is 19.5 Å². The van der Waals surface area contributed by atoms with Crippen LogP contribution in [0.5, 0.6) is 0 Å². The molecule has 1 fully saturated rings. The molecule has 2 aromatic rings. The van der Waals surface area contributed by atoms with Crippen molar-refractivity contribution in [2.24, 2.45) is 11.8 Å². The summed E-state index contributed by atoms with van der Waals surface area (Å²) in [5, 5.41) is 13.1. The average Bonchev–Trinajstić information content (AvgIpc) is 3.31. The molecule has 3 atom stereocenters. The van der Waals surface area contributed by atoms with E-state index in [-0.39, 0.29) is 36.6 Å². The van der Waals surface area contributed by atoms with E-state index in [1.165, 1.54) is 4.90 Å². The number of rotatable bonds is 7. The van der Waals surface area contributed by atoms with Gasteiger partial charge in [0.25, 0.3) is 0 Å². The summed E-state index contributed by atoms with van der Waals surface area (Å²) in [5.74, 6) is -0.657. The Morgan fingerprint density at radius 2 is 2.00 bits per heavy atom. The van der Waals surface area contributed by atoms with Gasteiger partial charge in [0.05, 0.1) is 28.1 Å². The van der Waals surface area contributed by atoms with Gasteiger partial charge in [-0.25, -0.2) is 4.98 Å². The molecule has 1 aromatic heterocycles. The van der Waals surface area contributed by atoms with E-state index in [4.69, 9.17) is 0 Å². The third-order valence-corrected chi connectivity index (χ3v) is 6.73. The molecule has 2 amide bonds. The molecule has 2 N–H and O–H groups in total. The zero-order valence-corrected chi connectivity index (χ0v) is 19.4. The molecule has 0 spiro atoms. The van der Waals surface area contributed by atoms with Gasteiger partial charge in [0.2, 0.25) is 11.8 Å². The lowest BCUT2D eigenvalue weighted by molar-refractivity contribution is -0.141. The predicted molar refractivity (Wildman–Crippen MR) is 123 cm³/mol. The topological polar surface area (TPSA) is 82.5 Å². The van der Waals surface area contributed by atoms with Crippen LogP contribution in [-0.2, 0) is 16.1 Å². The Bertz CT molecular complexity index is 951. The van der Waals surface area contributed by atoms with E-state index in [1.807, 2.05) is 57.5 Å². The van der Waals surface area contributed by atoms with E-state index in [0.29, 0.717) is 6.54 Å². The van der Waals surface area contributed by atoms with E-state index in [0.717, 1.165) is 27.3 Å². The molecule has 3 rings (SSSR count). The number of nitrogens with zero attached hydrogens (tertiary/aromatic N) is 2. The molecule has 1 aliphatic heterocycles. The Labute approximate surface area is 188 Å². The van der Waals surface area contributed by atoms with Gasteiger partial charge in [-0.1, -0.05) is 50.3 Å². The van der Waals surface area contributed by atoms with Gasteiger partial charge in [-0.2, -0.15) is 0 Å². The number of benzene rings is 1. The van der Waals surface area contributed by atoms with Crippen molar-refractivity contribution in [3.63, 3.8) is 0 Å². The van der Waals surface area contributed by atoms with Crippen LogP contribution in [0.25, 0.3) is 10.4 Å². The number of aliphatic hydroxyl groups is 1. The van der Waals surface area contributed by atoms with Crippen molar-refractivity contribution in [3.8, 4) is 10.4 Å². The van der Waals surface area contributed by atoms with Crippen LogP contribution in [0.2, 0.25) is 0 Å². The summed E-state index contributed by atoms with van der Waals surface area (Å²) in [7, 11) is 0. The molecular formula is C24H31N3O3S. The fraction of sp³-hybridized carbons (Fsp3) is 0.458. The quantitative estimate of drug-likeness (QED) is 0.644. The lowest BCUT2D eigenvalue weighted by Gasteiger charge is -2.30. The number of amides is 2. The zero-order valence-electron chi connectivity index (χ0n) is 18.6. The largest absolute Gasteiger partial charge is 0.391 e. The van der Waals surface area contributed by atoms with Crippen LogP contribution in [0.15, 0.2) is 41.9 Å². The van der Waals surface area contributed by atoms with Crippen LogP contribution in [0.3, 0.4) is 0 Å². The standard InChI is InChI=1S/C24H31N3O3S/c1-14(2)21(15(3)4)24(30)27-12-19(28)10-20(27)23(29)25-11-17-6-8-18(9-7-17)22-16(5)26-13-31-22/h6-9,13,15,19-21,28H,1,10-12H2,2-5H3,(H,25,29)/t19-,20?,21?/m1/s1. The minimum Gasteiger partial charge on any atom is -0.391 e. The van der Waals surface area contributed by atoms with Gasteiger partial charge >= 0.3 is 0 Å².